The van der Waals surface area contributed by atoms with E-state index in [4.69, 9.17) is 0 Å². The van der Waals surface area contributed by atoms with E-state index < -0.39 is 6.04 Å². The van der Waals surface area contributed by atoms with Gasteiger partial charge in [-0.1, -0.05) is 12.1 Å². The lowest BCUT2D eigenvalue weighted by molar-refractivity contribution is -0.120. The molecule has 0 radical (unpaired) electrons. The number of aliphatic imine (C=N–C) groups is 1. The van der Waals surface area contributed by atoms with Gasteiger partial charge in [-0.2, -0.15) is 0 Å². The fourth-order valence-electron chi connectivity index (χ4n) is 2.39. The summed E-state index contributed by atoms with van der Waals surface area (Å²) >= 11 is 0. The quantitative estimate of drug-likeness (QED) is 0.866. The van der Waals surface area contributed by atoms with Crippen LogP contribution in [0.3, 0.4) is 0 Å². The zero-order valence-electron chi connectivity index (χ0n) is 10.8. The van der Waals surface area contributed by atoms with Gasteiger partial charge in [0, 0.05) is 17.6 Å². The van der Waals surface area contributed by atoms with Gasteiger partial charge in [-0.25, -0.2) is 4.99 Å². The summed E-state index contributed by atoms with van der Waals surface area (Å²) in [4.78, 5) is 20.8. The normalized spacial score (nSPS) is 21.7. The van der Waals surface area contributed by atoms with Crippen molar-refractivity contribution in [3.63, 3.8) is 0 Å². The van der Waals surface area contributed by atoms with Crippen LogP contribution in [0.4, 0.5) is 0 Å². The summed E-state index contributed by atoms with van der Waals surface area (Å²) in [5, 5.41) is 7.06. The summed E-state index contributed by atoms with van der Waals surface area (Å²) in [6.45, 7) is 0. The molecule has 1 aliphatic carbocycles. The van der Waals surface area contributed by atoms with Gasteiger partial charge in [0.2, 0.25) is 0 Å². The van der Waals surface area contributed by atoms with E-state index in [0.29, 0.717) is 12.0 Å². The Morgan fingerprint density at radius 3 is 3.00 bits per heavy atom. The van der Waals surface area contributed by atoms with Crippen molar-refractivity contribution in [1.29, 1.82) is 0 Å². The number of carbonyl (C=O) groups excluding carboxylic acids is 1. The number of aromatic nitrogens is 1. The van der Waals surface area contributed by atoms with Crippen molar-refractivity contribution >= 4 is 22.8 Å². The lowest BCUT2D eigenvalue weighted by Gasteiger charge is -2.05. The molecule has 1 saturated carbocycles. The molecule has 5 heteroatoms. The summed E-state index contributed by atoms with van der Waals surface area (Å²) < 4.78 is 0. The largest absolute Gasteiger partial charge is 0.353 e. The summed E-state index contributed by atoms with van der Waals surface area (Å²) in [5.74, 6) is 0.533. The smallest absolute Gasteiger partial charge is 0.256 e. The van der Waals surface area contributed by atoms with Crippen LogP contribution in [0.15, 0.2) is 41.5 Å². The van der Waals surface area contributed by atoms with Crippen LogP contribution in [0.2, 0.25) is 0 Å². The van der Waals surface area contributed by atoms with Gasteiger partial charge in [0.25, 0.3) is 5.91 Å². The van der Waals surface area contributed by atoms with E-state index in [1.807, 2.05) is 30.3 Å². The van der Waals surface area contributed by atoms with Crippen LogP contribution in [-0.2, 0) is 4.79 Å². The first-order valence-corrected chi connectivity index (χ1v) is 6.79. The van der Waals surface area contributed by atoms with Crippen LogP contribution in [0.25, 0.3) is 10.9 Å². The molecule has 20 heavy (non-hydrogen) atoms. The highest BCUT2D eigenvalue weighted by atomic mass is 16.2. The first-order valence-electron chi connectivity index (χ1n) is 6.79. The number of pyridine rings is 1. The standard InChI is InChI=1S/C15H14N4O/c20-14-13(18-15(19-14)17-11-4-5-11)10-3-6-12-9(8-10)2-1-7-16-12/h1-3,6-8,11,13H,4-5H2,(H2,17,18,19,20). The molecular formula is C15H14N4O. The average Bonchev–Trinajstić information content (AvgIpc) is 3.20. The number of rotatable bonds is 2. The summed E-state index contributed by atoms with van der Waals surface area (Å²) in [6, 6.07) is 9.74. The van der Waals surface area contributed by atoms with Gasteiger partial charge in [0.15, 0.2) is 12.0 Å². The Hall–Kier alpha value is -2.43. The molecule has 0 bridgehead atoms. The minimum Gasteiger partial charge on any atom is -0.353 e. The lowest BCUT2D eigenvalue weighted by atomic mass is 10.0. The molecule has 0 spiro atoms. The number of fused-ring (bicyclic) bond motifs is 1. The summed E-state index contributed by atoms with van der Waals surface area (Å²) in [5.41, 5.74) is 1.82. The molecule has 5 nitrogen and oxygen atoms in total. The highest BCUT2D eigenvalue weighted by Crippen LogP contribution is 2.25. The molecule has 1 aromatic carbocycles. The van der Waals surface area contributed by atoms with Crippen molar-refractivity contribution < 1.29 is 4.79 Å². The Morgan fingerprint density at radius 2 is 2.15 bits per heavy atom. The zero-order chi connectivity index (χ0) is 13.5. The van der Waals surface area contributed by atoms with Crippen LogP contribution in [0.5, 0.6) is 0 Å². The highest BCUT2D eigenvalue weighted by Gasteiger charge is 2.31. The number of guanidine groups is 1. The Bertz CT molecular complexity index is 721. The highest BCUT2D eigenvalue weighted by molar-refractivity contribution is 6.05. The van der Waals surface area contributed by atoms with E-state index in [2.05, 4.69) is 20.6 Å². The van der Waals surface area contributed by atoms with Crippen LogP contribution >= 0.6 is 0 Å². The molecule has 2 aromatic rings. The van der Waals surface area contributed by atoms with Gasteiger partial charge in [0.05, 0.1) is 5.52 Å². The third-order valence-electron chi connectivity index (χ3n) is 3.61. The average molecular weight is 266 g/mol. The topological polar surface area (TPSA) is 66.4 Å². The van der Waals surface area contributed by atoms with Gasteiger partial charge in [-0.3, -0.25) is 15.1 Å². The zero-order valence-corrected chi connectivity index (χ0v) is 10.8. The van der Waals surface area contributed by atoms with E-state index >= 15 is 0 Å². The first kappa shape index (κ1) is 11.4. The Kier molecular flexibility index (Phi) is 2.45. The van der Waals surface area contributed by atoms with Crippen molar-refractivity contribution in [2.75, 3.05) is 0 Å². The molecule has 2 aliphatic rings. The molecule has 2 N–H and O–H groups in total. The molecule has 1 atom stereocenters. The summed E-state index contributed by atoms with van der Waals surface area (Å²) in [6.07, 6.45) is 4.07. The van der Waals surface area contributed by atoms with Crippen LogP contribution in [0.1, 0.15) is 24.4 Å². The van der Waals surface area contributed by atoms with E-state index in [9.17, 15) is 4.79 Å². The van der Waals surface area contributed by atoms with Crippen molar-refractivity contribution in [3.8, 4) is 0 Å². The van der Waals surface area contributed by atoms with Crippen molar-refractivity contribution in [2.45, 2.75) is 24.9 Å². The van der Waals surface area contributed by atoms with Crippen LogP contribution in [-0.4, -0.2) is 22.9 Å². The monoisotopic (exact) mass is 266 g/mol. The summed E-state index contributed by atoms with van der Waals surface area (Å²) in [7, 11) is 0. The van der Waals surface area contributed by atoms with Gasteiger partial charge in [-0.15, -0.1) is 0 Å². The fraction of sp³-hybridized carbons (Fsp3) is 0.267. The molecule has 2 heterocycles. The van der Waals surface area contributed by atoms with Gasteiger partial charge < -0.3 is 5.32 Å². The molecule has 0 saturated heterocycles. The van der Waals surface area contributed by atoms with Gasteiger partial charge >= 0.3 is 0 Å². The Morgan fingerprint density at radius 1 is 1.25 bits per heavy atom. The molecule has 4 rings (SSSR count). The maximum Gasteiger partial charge on any atom is 0.256 e. The molecule has 1 amide bonds. The van der Waals surface area contributed by atoms with E-state index in [1.54, 1.807) is 6.20 Å². The maximum absolute atomic E-state index is 12.0. The second-order valence-corrected chi connectivity index (χ2v) is 5.24. The number of nitrogens with one attached hydrogen (secondary N) is 2. The van der Waals surface area contributed by atoms with E-state index in [-0.39, 0.29) is 5.91 Å². The Balaban J connectivity index is 1.67. The first-order chi connectivity index (χ1) is 9.79. The second kappa shape index (κ2) is 4.30. The van der Waals surface area contributed by atoms with Gasteiger partial charge in [0.1, 0.15) is 0 Å². The number of hydrogen-bond acceptors (Lipinski definition) is 4. The third-order valence-corrected chi connectivity index (χ3v) is 3.61. The number of nitrogens with zero attached hydrogens (tertiary/aromatic N) is 2. The molecule has 1 fully saturated rings. The van der Waals surface area contributed by atoms with Crippen LogP contribution < -0.4 is 10.6 Å². The van der Waals surface area contributed by atoms with Crippen molar-refractivity contribution in [1.82, 2.24) is 15.6 Å². The number of carbonyl (C=O) groups is 1. The minimum absolute atomic E-state index is 0.0728. The minimum atomic E-state index is -0.458. The molecule has 1 unspecified atom stereocenters. The number of benzene rings is 1. The Labute approximate surface area is 116 Å². The predicted molar refractivity (Wildman–Crippen MR) is 76.2 cm³/mol. The number of amides is 1. The van der Waals surface area contributed by atoms with Crippen molar-refractivity contribution in [3.05, 3.63) is 42.1 Å². The molecular weight excluding hydrogens is 252 g/mol. The van der Waals surface area contributed by atoms with Crippen molar-refractivity contribution in [2.24, 2.45) is 4.99 Å². The van der Waals surface area contributed by atoms with E-state index in [1.165, 1.54) is 0 Å². The van der Waals surface area contributed by atoms with Gasteiger partial charge in [-0.05, 0) is 36.6 Å². The second-order valence-electron chi connectivity index (χ2n) is 5.24. The molecule has 1 aromatic heterocycles. The predicted octanol–water partition coefficient (Wildman–Crippen LogP) is 1.51. The molecule has 100 valence electrons. The van der Waals surface area contributed by atoms with E-state index in [0.717, 1.165) is 29.3 Å². The SMILES string of the molecule is O=C1NC(NC2CC2)=NC1c1ccc2ncccc2c1. The van der Waals surface area contributed by atoms with Crippen LogP contribution in [0, 0.1) is 0 Å². The lowest BCUT2D eigenvalue weighted by Crippen LogP contribution is -2.37. The molecule has 1 aliphatic heterocycles. The maximum atomic E-state index is 12.0. The number of hydrogen-bond donors (Lipinski definition) is 2. The third kappa shape index (κ3) is 2.01. The fourth-order valence-corrected chi connectivity index (χ4v) is 2.39.